The summed E-state index contributed by atoms with van der Waals surface area (Å²) < 4.78 is 11.8. The quantitative estimate of drug-likeness (QED) is 0.248. The van der Waals surface area contributed by atoms with Crippen LogP contribution in [0.2, 0.25) is 0 Å². The summed E-state index contributed by atoms with van der Waals surface area (Å²) in [5, 5.41) is 3.99. The highest BCUT2D eigenvalue weighted by Crippen LogP contribution is 2.35. The number of rotatable bonds is 7. The molecule has 1 fully saturated rings. The summed E-state index contributed by atoms with van der Waals surface area (Å²) in [4.78, 5) is 37.6. The first-order valence-electron chi connectivity index (χ1n) is 10.6. The van der Waals surface area contributed by atoms with Crippen molar-refractivity contribution in [2.75, 3.05) is 24.0 Å². The summed E-state index contributed by atoms with van der Waals surface area (Å²) in [5.41, 5.74) is 5.49. The summed E-state index contributed by atoms with van der Waals surface area (Å²) >= 11 is 2.06. The van der Waals surface area contributed by atoms with E-state index in [9.17, 15) is 14.4 Å². The predicted molar refractivity (Wildman–Crippen MR) is 141 cm³/mol. The van der Waals surface area contributed by atoms with Crippen LogP contribution in [0.5, 0.6) is 11.5 Å². The highest BCUT2D eigenvalue weighted by molar-refractivity contribution is 14.1. The van der Waals surface area contributed by atoms with Gasteiger partial charge in [0, 0.05) is 5.69 Å². The van der Waals surface area contributed by atoms with Gasteiger partial charge < -0.3 is 14.8 Å². The minimum atomic E-state index is -0.499. The van der Waals surface area contributed by atoms with Gasteiger partial charge in [0.1, 0.15) is 5.57 Å². The number of anilines is 2. The fourth-order valence-corrected chi connectivity index (χ4v) is 4.20. The summed E-state index contributed by atoms with van der Waals surface area (Å²) in [6, 6.07) is 19.7. The maximum absolute atomic E-state index is 12.8. The molecule has 8 nitrogen and oxygen atoms in total. The molecular formula is C26H22IN3O5. The van der Waals surface area contributed by atoms with Gasteiger partial charge in [0.2, 0.25) is 0 Å². The largest absolute Gasteiger partial charge is 0.493 e. The molecule has 0 aromatic heterocycles. The SMILES string of the molecule is COc1cc(/C=C2/C(=O)NN(c3ccccc3)C2=O)cc(I)c1OCC(=O)Nc1ccc(C)cc1. The van der Waals surface area contributed by atoms with E-state index in [4.69, 9.17) is 9.47 Å². The number of carbonyl (C=O) groups is 3. The topological polar surface area (TPSA) is 97.0 Å². The first-order chi connectivity index (χ1) is 16.9. The number of aryl methyl sites for hydroxylation is 1. The van der Waals surface area contributed by atoms with Gasteiger partial charge in [-0.15, -0.1) is 0 Å². The molecular weight excluding hydrogens is 561 g/mol. The lowest BCUT2D eigenvalue weighted by molar-refractivity contribution is -0.118. The lowest BCUT2D eigenvalue weighted by Gasteiger charge is -2.14. The Hall–Kier alpha value is -3.86. The van der Waals surface area contributed by atoms with E-state index >= 15 is 0 Å². The third-order valence-electron chi connectivity index (χ3n) is 5.15. The Bertz CT molecular complexity index is 1310. The van der Waals surface area contributed by atoms with Crippen LogP contribution >= 0.6 is 22.6 Å². The van der Waals surface area contributed by atoms with E-state index < -0.39 is 11.8 Å². The van der Waals surface area contributed by atoms with E-state index in [0.717, 1.165) is 5.56 Å². The second kappa shape index (κ2) is 10.6. The smallest absolute Gasteiger partial charge is 0.282 e. The molecule has 9 heteroatoms. The summed E-state index contributed by atoms with van der Waals surface area (Å²) in [5.74, 6) is -0.503. The zero-order valence-corrected chi connectivity index (χ0v) is 21.2. The van der Waals surface area contributed by atoms with E-state index in [1.807, 2.05) is 37.3 Å². The Kier molecular flexibility index (Phi) is 7.35. The maximum atomic E-state index is 12.8. The highest BCUT2D eigenvalue weighted by atomic mass is 127. The van der Waals surface area contributed by atoms with E-state index in [-0.39, 0.29) is 18.1 Å². The molecule has 0 spiro atoms. The monoisotopic (exact) mass is 583 g/mol. The molecule has 1 aliphatic rings. The Morgan fingerprint density at radius 2 is 1.80 bits per heavy atom. The minimum absolute atomic E-state index is 0.00199. The molecule has 4 rings (SSSR count). The highest BCUT2D eigenvalue weighted by Gasteiger charge is 2.34. The van der Waals surface area contributed by atoms with Crippen molar-refractivity contribution in [1.82, 2.24) is 5.43 Å². The lowest BCUT2D eigenvalue weighted by Crippen LogP contribution is -2.35. The van der Waals surface area contributed by atoms with Gasteiger partial charge in [-0.05, 0) is 77.6 Å². The predicted octanol–water partition coefficient (Wildman–Crippen LogP) is 4.09. The number of nitrogens with one attached hydrogen (secondary N) is 2. The third kappa shape index (κ3) is 5.62. The van der Waals surface area contributed by atoms with Crippen molar-refractivity contribution in [3.63, 3.8) is 0 Å². The number of nitrogens with zero attached hydrogens (tertiary/aromatic N) is 1. The number of hydrogen-bond donors (Lipinski definition) is 2. The molecule has 0 atom stereocenters. The fraction of sp³-hybridized carbons (Fsp3) is 0.115. The van der Waals surface area contributed by atoms with Gasteiger partial charge >= 0.3 is 0 Å². The van der Waals surface area contributed by atoms with Crippen LogP contribution in [-0.2, 0) is 14.4 Å². The van der Waals surface area contributed by atoms with E-state index in [1.165, 1.54) is 18.2 Å². The van der Waals surface area contributed by atoms with Crippen molar-refractivity contribution in [3.8, 4) is 11.5 Å². The molecule has 0 unspecified atom stereocenters. The van der Waals surface area contributed by atoms with Crippen LogP contribution in [0, 0.1) is 10.5 Å². The number of benzene rings is 3. The number of methoxy groups -OCH3 is 1. The number of hydrazine groups is 1. The molecule has 3 amide bonds. The number of hydrogen-bond acceptors (Lipinski definition) is 5. The standard InChI is InChI=1S/C26H22IN3O5/c1-16-8-10-18(11-9-16)28-23(31)15-35-24-21(27)13-17(14-22(24)34-2)12-20-25(32)29-30(26(20)33)19-6-4-3-5-7-19/h3-14H,15H2,1-2H3,(H,28,31)(H,29,32)/b20-12-. The van der Waals surface area contributed by atoms with Crippen LogP contribution < -0.4 is 25.2 Å². The second-order valence-electron chi connectivity index (χ2n) is 7.71. The van der Waals surface area contributed by atoms with Crippen LogP contribution in [0.3, 0.4) is 0 Å². The zero-order chi connectivity index (χ0) is 24.9. The average molecular weight is 583 g/mol. The van der Waals surface area contributed by atoms with Crippen LogP contribution in [0.1, 0.15) is 11.1 Å². The van der Waals surface area contributed by atoms with Crippen molar-refractivity contribution in [2.45, 2.75) is 6.92 Å². The minimum Gasteiger partial charge on any atom is -0.493 e. The molecule has 0 saturated carbocycles. The number of amides is 3. The van der Waals surface area contributed by atoms with Gasteiger partial charge in [0.15, 0.2) is 18.1 Å². The van der Waals surface area contributed by atoms with Crippen molar-refractivity contribution in [1.29, 1.82) is 0 Å². The van der Waals surface area contributed by atoms with Crippen molar-refractivity contribution in [3.05, 3.63) is 87.0 Å². The first-order valence-corrected chi connectivity index (χ1v) is 11.7. The molecule has 0 radical (unpaired) electrons. The number of carbonyl (C=O) groups excluding carboxylic acids is 3. The number of ether oxygens (including phenoxy) is 2. The summed E-state index contributed by atoms with van der Waals surface area (Å²) in [7, 11) is 1.48. The van der Waals surface area contributed by atoms with Gasteiger partial charge in [-0.2, -0.15) is 0 Å². The molecule has 0 bridgehead atoms. The molecule has 35 heavy (non-hydrogen) atoms. The van der Waals surface area contributed by atoms with Gasteiger partial charge in [0.05, 0.1) is 16.4 Å². The van der Waals surface area contributed by atoms with E-state index in [0.29, 0.717) is 32.0 Å². The molecule has 1 saturated heterocycles. The fourth-order valence-electron chi connectivity index (χ4n) is 3.42. The van der Waals surface area contributed by atoms with Gasteiger partial charge in [-0.25, -0.2) is 5.01 Å². The van der Waals surface area contributed by atoms with Gasteiger partial charge in [-0.3, -0.25) is 19.8 Å². The van der Waals surface area contributed by atoms with E-state index in [2.05, 4.69) is 33.3 Å². The van der Waals surface area contributed by atoms with Crippen LogP contribution in [0.4, 0.5) is 11.4 Å². The van der Waals surface area contributed by atoms with Crippen molar-refractivity contribution < 1.29 is 23.9 Å². The Balaban J connectivity index is 1.50. The normalized spacial score (nSPS) is 14.1. The zero-order valence-electron chi connectivity index (χ0n) is 19.0. The van der Waals surface area contributed by atoms with Crippen LogP contribution in [-0.4, -0.2) is 31.4 Å². The van der Waals surface area contributed by atoms with Crippen LogP contribution in [0.15, 0.2) is 72.3 Å². The first kappa shape index (κ1) is 24.3. The average Bonchev–Trinajstić information content (AvgIpc) is 3.13. The lowest BCUT2D eigenvalue weighted by atomic mass is 10.1. The number of para-hydroxylation sites is 1. The molecule has 0 aliphatic carbocycles. The van der Waals surface area contributed by atoms with Gasteiger partial charge in [-0.1, -0.05) is 35.9 Å². The Morgan fingerprint density at radius 1 is 1.09 bits per heavy atom. The molecule has 3 aromatic rings. The Morgan fingerprint density at radius 3 is 2.49 bits per heavy atom. The van der Waals surface area contributed by atoms with Crippen LogP contribution in [0.25, 0.3) is 6.08 Å². The third-order valence-corrected chi connectivity index (χ3v) is 5.95. The molecule has 1 heterocycles. The summed E-state index contributed by atoms with van der Waals surface area (Å²) in [6.45, 7) is 1.75. The van der Waals surface area contributed by atoms with Crippen molar-refractivity contribution in [2.24, 2.45) is 0 Å². The maximum Gasteiger partial charge on any atom is 0.282 e. The van der Waals surface area contributed by atoms with Crippen molar-refractivity contribution >= 4 is 57.8 Å². The Labute approximate surface area is 216 Å². The second-order valence-corrected chi connectivity index (χ2v) is 8.87. The van der Waals surface area contributed by atoms with Gasteiger partial charge in [0.25, 0.3) is 17.7 Å². The molecule has 3 aromatic carbocycles. The molecule has 1 aliphatic heterocycles. The summed E-state index contributed by atoms with van der Waals surface area (Å²) in [6.07, 6.45) is 1.50. The molecule has 178 valence electrons. The van der Waals surface area contributed by atoms with E-state index in [1.54, 1.807) is 36.4 Å². The number of halogens is 1. The molecule has 2 N–H and O–H groups in total.